The van der Waals surface area contributed by atoms with Gasteiger partial charge in [-0.1, -0.05) is 90.9 Å². The minimum Gasteiger partial charge on any atom is -0.350 e. The molecule has 0 bridgehead atoms. The Hall–Kier alpha value is -0.410. The third-order valence-corrected chi connectivity index (χ3v) is 6.02. The number of carbonyl (C=O) groups is 1. The first-order valence-corrected chi connectivity index (χ1v) is 12.3. The van der Waals surface area contributed by atoms with Crippen LogP contribution in [0.1, 0.15) is 130 Å². The van der Waals surface area contributed by atoms with E-state index < -0.39 is 5.79 Å². The van der Waals surface area contributed by atoms with Crippen LogP contribution < -0.4 is 0 Å². The van der Waals surface area contributed by atoms with Gasteiger partial charge in [0.2, 0.25) is 0 Å². The average Bonchev–Trinajstić information content (AvgIpc) is 2.65. The Labute approximate surface area is 175 Å². The molecule has 28 heavy (non-hydrogen) atoms. The summed E-state index contributed by atoms with van der Waals surface area (Å²) in [5.74, 6) is 0.198. The minimum absolute atomic E-state index is 0.0384. The van der Waals surface area contributed by atoms with Crippen LogP contribution in [0.3, 0.4) is 0 Å². The van der Waals surface area contributed by atoms with Gasteiger partial charge in [0.15, 0.2) is 5.79 Å². The molecule has 0 radical (unpaired) electrons. The van der Waals surface area contributed by atoms with E-state index in [-0.39, 0.29) is 6.10 Å². The van der Waals surface area contributed by atoms with Crippen LogP contribution in [0.2, 0.25) is 0 Å². The topological polar surface area (TPSA) is 35.5 Å². The maximum atomic E-state index is 12.5. The Morgan fingerprint density at radius 1 is 0.821 bits per heavy atom. The molecule has 3 nitrogen and oxygen atoms in total. The highest BCUT2D eigenvalue weighted by Crippen LogP contribution is 2.31. The van der Waals surface area contributed by atoms with Gasteiger partial charge in [-0.15, -0.1) is 0 Å². The Kier molecular flexibility index (Phi) is 14.1. The van der Waals surface area contributed by atoms with Crippen molar-refractivity contribution in [3.8, 4) is 0 Å². The molecule has 0 N–H and O–H groups in total. The van der Waals surface area contributed by atoms with Crippen molar-refractivity contribution in [2.24, 2.45) is 5.92 Å². The zero-order valence-corrected chi connectivity index (χ0v) is 19.4. The lowest BCUT2D eigenvalue weighted by Gasteiger charge is -2.41. The summed E-state index contributed by atoms with van der Waals surface area (Å²) in [6, 6.07) is 0. The van der Waals surface area contributed by atoms with Gasteiger partial charge in [-0.05, 0) is 26.7 Å². The van der Waals surface area contributed by atoms with E-state index in [1.54, 1.807) is 0 Å². The fourth-order valence-corrected chi connectivity index (χ4v) is 4.18. The Morgan fingerprint density at radius 2 is 1.36 bits per heavy atom. The van der Waals surface area contributed by atoms with Crippen molar-refractivity contribution < 1.29 is 14.3 Å². The molecule has 1 rings (SSSR count). The van der Waals surface area contributed by atoms with Crippen LogP contribution in [-0.4, -0.2) is 24.3 Å². The van der Waals surface area contributed by atoms with Gasteiger partial charge in [0.25, 0.3) is 0 Å². The summed E-state index contributed by atoms with van der Waals surface area (Å²) >= 11 is 0. The van der Waals surface area contributed by atoms with Crippen LogP contribution >= 0.6 is 0 Å². The van der Waals surface area contributed by atoms with Gasteiger partial charge in [-0.25, -0.2) is 0 Å². The van der Waals surface area contributed by atoms with Crippen molar-refractivity contribution in [3.63, 3.8) is 0 Å². The lowest BCUT2D eigenvalue weighted by atomic mass is 9.90. The number of hydrogen-bond donors (Lipinski definition) is 0. The molecule has 0 aliphatic carbocycles. The maximum Gasteiger partial charge on any atom is 0.163 e. The van der Waals surface area contributed by atoms with Gasteiger partial charge < -0.3 is 9.47 Å². The van der Waals surface area contributed by atoms with Crippen LogP contribution in [0.5, 0.6) is 0 Å². The average molecular weight is 397 g/mol. The lowest BCUT2D eigenvalue weighted by Crippen LogP contribution is -2.46. The standard InChI is InChI=1S/C25H48O3/c1-5-7-9-11-12-13-14-15-17-19-23(26)20-24-22(18-16-10-8-6-2)21-27-25(3,4)28-24/h22,24H,5-21H2,1-4H3/t22-,24+/m1/s1. The summed E-state index contributed by atoms with van der Waals surface area (Å²) in [4.78, 5) is 12.5. The van der Waals surface area contributed by atoms with E-state index in [0.717, 1.165) is 25.9 Å². The fraction of sp³-hybridized carbons (Fsp3) is 0.960. The number of rotatable bonds is 17. The molecule has 1 aliphatic heterocycles. The molecule has 0 amide bonds. The quantitative estimate of drug-likeness (QED) is 0.237. The number of carbonyl (C=O) groups excluding carboxylic acids is 1. The van der Waals surface area contributed by atoms with Gasteiger partial charge in [0.1, 0.15) is 5.78 Å². The molecule has 0 unspecified atom stereocenters. The smallest absolute Gasteiger partial charge is 0.163 e. The van der Waals surface area contributed by atoms with Crippen molar-refractivity contribution in [1.29, 1.82) is 0 Å². The first-order valence-electron chi connectivity index (χ1n) is 12.3. The van der Waals surface area contributed by atoms with Crippen LogP contribution in [-0.2, 0) is 14.3 Å². The largest absolute Gasteiger partial charge is 0.350 e. The second-order valence-electron chi connectivity index (χ2n) is 9.30. The molecular weight excluding hydrogens is 348 g/mol. The van der Waals surface area contributed by atoms with Crippen molar-refractivity contribution in [2.75, 3.05) is 6.61 Å². The van der Waals surface area contributed by atoms with Gasteiger partial charge >= 0.3 is 0 Å². The number of ketones is 1. The van der Waals surface area contributed by atoms with Gasteiger partial charge in [0.05, 0.1) is 12.7 Å². The highest BCUT2D eigenvalue weighted by molar-refractivity contribution is 5.78. The molecule has 1 saturated heterocycles. The second kappa shape index (κ2) is 15.4. The van der Waals surface area contributed by atoms with Crippen LogP contribution in [0.15, 0.2) is 0 Å². The molecule has 2 atom stereocenters. The minimum atomic E-state index is -0.553. The van der Waals surface area contributed by atoms with E-state index in [1.165, 1.54) is 77.0 Å². The summed E-state index contributed by atoms with van der Waals surface area (Å²) in [6.07, 6.45) is 19.1. The third kappa shape index (κ3) is 12.2. The number of ether oxygens (including phenoxy) is 2. The van der Waals surface area contributed by atoms with E-state index in [1.807, 2.05) is 13.8 Å². The summed E-state index contributed by atoms with van der Waals surface area (Å²) in [5.41, 5.74) is 0. The Morgan fingerprint density at radius 3 is 1.96 bits per heavy atom. The van der Waals surface area contributed by atoms with Crippen LogP contribution in [0, 0.1) is 5.92 Å². The Bertz CT molecular complexity index is 391. The van der Waals surface area contributed by atoms with Crippen molar-refractivity contribution in [3.05, 3.63) is 0 Å². The van der Waals surface area contributed by atoms with E-state index in [9.17, 15) is 4.79 Å². The molecule has 1 heterocycles. The molecule has 0 aromatic rings. The molecule has 166 valence electrons. The zero-order chi connectivity index (χ0) is 20.7. The van der Waals surface area contributed by atoms with E-state index >= 15 is 0 Å². The summed E-state index contributed by atoms with van der Waals surface area (Å²) in [7, 11) is 0. The Balaban J connectivity index is 2.21. The van der Waals surface area contributed by atoms with Gasteiger partial charge in [-0.2, -0.15) is 0 Å². The first kappa shape index (κ1) is 25.6. The number of Topliss-reactive ketones (excluding diaryl/α,β-unsaturated/α-hetero) is 1. The van der Waals surface area contributed by atoms with E-state index in [2.05, 4.69) is 13.8 Å². The summed E-state index contributed by atoms with van der Waals surface area (Å²) in [6.45, 7) is 9.17. The number of hydrogen-bond acceptors (Lipinski definition) is 3. The molecule has 1 aliphatic rings. The second-order valence-corrected chi connectivity index (χ2v) is 9.30. The van der Waals surface area contributed by atoms with Crippen molar-refractivity contribution in [2.45, 2.75) is 142 Å². The third-order valence-electron chi connectivity index (χ3n) is 6.02. The predicted octanol–water partition coefficient (Wildman–Crippen LogP) is 7.60. The highest BCUT2D eigenvalue weighted by Gasteiger charge is 2.36. The van der Waals surface area contributed by atoms with E-state index in [4.69, 9.17) is 9.47 Å². The molecule has 0 aromatic heterocycles. The predicted molar refractivity (Wildman–Crippen MR) is 119 cm³/mol. The lowest BCUT2D eigenvalue weighted by molar-refractivity contribution is -0.293. The molecule has 0 spiro atoms. The highest BCUT2D eigenvalue weighted by atomic mass is 16.7. The van der Waals surface area contributed by atoms with Crippen molar-refractivity contribution >= 4 is 5.78 Å². The zero-order valence-electron chi connectivity index (χ0n) is 19.4. The SMILES string of the molecule is CCCCCCCCCCCC(=O)C[C@@H]1OC(C)(C)OC[C@H]1CCCCCC. The van der Waals surface area contributed by atoms with E-state index in [0.29, 0.717) is 18.1 Å². The molecule has 1 fully saturated rings. The molecule has 0 saturated carbocycles. The molecule has 0 aromatic carbocycles. The monoisotopic (exact) mass is 396 g/mol. The fourth-order valence-electron chi connectivity index (χ4n) is 4.18. The van der Waals surface area contributed by atoms with Crippen molar-refractivity contribution in [1.82, 2.24) is 0 Å². The maximum absolute atomic E-state index is 12.5. The van der Waals surface area contributed by atoms with Gasteiger partial charge in [-0.3, -0.25) is 4.79 Å². The first-order chi connectivity index (χ1) is 13.5. The summed E-state index contributed by atoms with van der Waals surface area (Å²) < 4.78 is 12.0. The summed E-state index contributed by atoms with van der Waals surface area (Å²) in [5, 5.41) is 0. The van der Waals surface area contributed by atoms with Crippen LogP contribution in [0.25, 0.3) is 0 Å². The molecular formula is C25H48O3. The molecule has 3 heteroatoms. The number of unbranched alkanes of at least 4 members (excludes halogenated alkanes) is 11. The normalized spacial score (nSPS) is 21.7. The van der Waals surface area contributed by atoms with Crippen LogP contribution in [0.4, 0.5) is 0 Å². The van der Waals surface area contributed by atoms with Gasteiger partial charge in [0, 0.05) is 18.8 Å².